The fourth-order valence-electron chi connectivity index (χ4n) is 4.36. The molecule has 0 atom stereocenters. The van der Waals surface area contributed by atoms with Gasteiger partial charge in [-0.15, -0.1) is 0 Å². The van der Waals surface area contributed by atoms with E-state index in [1.807, 2.05) is 39.0 Å². The number of anilines is 2. The number of piperazine rings is 1. The van der Waals surface area contributed by atoms with E-state index < -0.39 is 20.9 Å². The molecule has 4 rings (SSSR count). The van der Waals surface area contributed by atoms with Gasteiger partial charge in [0.25, 0.3) is 0 Å². The first kappa shape index (κ1) is 30.5. The Balaban J connectivity index is 1.53. The van der Waals surface area contributed by atoms with E-state index in [9.17, 15) is 13.2 Å². The monoisotopic (exact) mass is 600 g/mol. The predicted molar refractivity (Wildman–Crippen MR) is 164 cm³/mol. The van der Waals surface area contributed by atoms with E-state index in [1.165, 1.54) is 7.11 Å². The van der Waals surface area contributed by atoms with Crippen LogP contribution in [0, 0.1) is 0 Å². The first-order valence-corrected chi connectivity index (χ1v) is 15.4. The van der Waals surface area contributed by atoms with Crippen LogP contribution in [-0.2, 0) is 14.8 Å². The van der Waals surface area contributed by atoms with Crippen LogP contribution in [0.4, 0.5) is 16.2 Å². The van der Waals surface area contributed by atoms with Crippen molar-refractivity contribution in [3.05, 3.63) is 59.9 Å². The Morgan fingerprint density at radius 2 is 1.63 bits per heavy atom. The van der Waals surface area contributed by atoms with E-state index in [1.54, 1.807) is 43.1 Å². The molecular weight excluding hydrogens is 564 g/mol. The molecule has 1 N–H and O–H groups in total. The second-order valence-corrected chi connectivity index (χ2v) is 13.8. The minimum atomic E-state index is -3.55. The highest BCUT2D eigenvalue weighted by atomic mass is 35.5. The quantitative estimate of drug-likeness (QED) is 0.318. The summed E-state index contributed by atoms with van der Waals surface area (Å²) in [4.78, 5) is 20.8. The molecule has 1 amide bonds. The number of amides is 1. The van der Waals surface area contributed by atoms with Crippen molar-refractivity contribution in [1.29, 1.82) is 0 Å². The Kier molecular flexibility index (Phi) is 9.03. The van der Waals surface area contributed by atoms with Crippen LogP contribution in [-0.4, -0.2) is 68.5 Å². The maximum Gasteiger partial charge on any atom is 0.410 e. The lowest BCUT2D eigenvalue weighted by molar-refractivity contribution is 0.0240. The van der Waals surface area contributed by atoms with Crippen molar-refractivity contribution in [3.8, 4) is 28.0 Å². The molecule has 1 aromatic heterocycles. The molecule has 11 heteroatoms. The van der Waals surface area contributed by atoms with E-state index in [-0.39, 0.29) is 6.09 Å². The molecule has 1 aliphatic heterocycles. The molecule has 0 radical (unpaired) electrons. The van der Waals surface area contributed by atoms with E-state index in [2.05, 4.69) is 26.7 Å². The van der Waals surface area contributed by atoms with Crippen molar-refractivity contribution in [3.63, 3.8) is 0 Å². The number of hydrogen-bond donors (Lipinski definition) is 1. The highest BCUT2D eigenvalue weighted by Crippen LogP contribution is 2.35. The molecule has 9 nitrogen and oxygen atoms in total. The van der Waals surface area contributed by atoms with Crippen molar-refractivity contribution in [2.45, 2.75) is 45.5 Å². The number of methoxy groups -OCH3 is 1. The highest BCUT2D eigenvalue weighted by Gasteiger charge is 2.26. The molecule has 1 saturated heterocycles. The lowest BCUT2D eigenvalue weighted by Crippen LogP contribution is -2.50. The summed E-state index contributed by atoms with van der Waals surface area (Å²) < 4.78 is 38.5. The molecule has 0 unspecified atom stereocenters. The summed E-state index contributed by atoms with van der Waals surface area (Å²) in [5.74, 6) is 0.488. The van der Waals surface area contributed by atoms with Crippen molar-refractivity contribution < 1.29 is 22.7 Å². The van der Waals surface area contributed by atoms with E-state index in [0.717, 1.165) is 16.8 Å². The number of nitrogens with one attached hydrogen (secondary N) is 1. The van der Waals surface area contributed by atoms with E-state index >= 15 is 0 Å². The maximum atomic E-state index is 12.5. The molecule has 0 aliphatic carbocycles. The minimum Gasteiger partial charge on any atom is -0.497 e. The van der Waals surface area contributed by atoms with Crippen LogP contribution in [0.2, 0.25) is 5.15 Å². The van der Waals surface area contributed by atoms with E-state index in [0.29, 0.717) is 53.9 Å². The third kappa shape index (κ3) is 7.62. The zero-order valence-corrected chi connectivity index (χ0v) is 25.8. The van der Waals surface area contributed by atoms with Gasteiger partial charge in [-0.3, -0.25) is 4.72 Å². The standard InChI is InChI=1S/C30H37ClN4O5S/c1-20(2)41(37,38)33-24-15-22(16-26(18-24)39-6)27-17-23(19-32-28(27)31)21-7-9-25(10-8-21)34-11-13-35(14-12-34)29(36)40-30(3,4)5/h7-10,15-20,33H,11-14H2,1-6H3. The zero-order chi connectivity index (χ0) is 29.9. The van der Waals surface area contributed by atoms with Crippen LogP contribution in [0.25, 0.3) is 22.3 Å². The van der Waals surface area contributed by atoms with Gasteiger partial charge in [0.1, 0.15) is 16.5 Å². The Morgan fingerprint density at radius 3 is 2.22 bits per heavy atom. The third-order valence-electron chi connectivity index (χ3n) is 6.67. The van der Waals surface area contributed by atoms with Crippen LogP contribution in [0.3, 0.4) is 0 Å². The lowest BCUT2D eigenvalue weighted by atomic mass is 10.0. The van der Waals surface area contributed by atoms with Gasteiger partial charge in [-0.25, -0.2) is 18.2 Å². The first-order valence-electron chi connectivity index (χ1n) is 13.5. The molecular formula is C30H37ClN4O5S. The minimum absolute atomic E-state index is 0.279. The highest BCUT2D eigenvalue weighted by molar-refractivity contribution is 7.93. The average Bonchev–Trinajstić information content (AvgIpc) is 2.92. The fourth-order valence-corrected chi connectivity index (χ4v) is 5.25. The van der Waals surface area contributed by atoms with Gasteiger partial charge in [0, 0.05) is 55.3 Å². The fraction of sp³-hybridized carbons (Fsp3) is 0.400. The molecule has 2 aromatic carbocycles. The van der Waals surface area contributed by atoms with E-state index in [4.69, 9.17) is 21.1 Å². The van der Waals surface area contributed by atoms with Gasteiger partial charge in [-0.05, 0) is 76.1 Å². The van der Waals surface area contributed by atoms with Crippen molar-refractivity contribution in [2.24, 2.45) is 0 Å². The smallest absolute Gasteiger partial charge is 0.410 e. The number of ether oxygens (including phenoxy) is 2. The summed E-state index contributed by atoms with van der Waals surface area (Å²) in [6, 6.07) is 15.2. The topological polar surface area (TPSA) is 101 Å². The van der Waals surface area contributed by atoms with Crippen molar-refractivity contribution >= 4 is 39.1 Å². The largest absolute Gasteiger partial charge is 0.497 e. The summed E-state index contributed by atoms with van der Waals surface area (Å²) in [7, 11) is -2.03. The van der Waals surface area contributed by atoms with Crippen molar-refractivity contribution in [1.82, 2.24) is 9.88 Å². The number of rotatable bonds is 7. The second-order valence-electron chi connectivity index (χ2n) is 11.2. The summed E-state index contributed by atoms with van der Waals surface area (Å²) in [6.07, 6.45) is 1.43. The average molecular weight is 601 g/mol. The number of nitrogens with zero attached hydrogens (tertiary/aromatic N) is 3. The Morgan fingerprint density at radius 1 is 0.976 bits per heavy atom. The normalized spacial score (nSPS) is 14.2. The number of pyridine rings is 1. The maximum absolute atomic E-state index is 12.5. The molecule has 0 bridgehead atoms. The second kappa shape index (κ2) is 12.2. The van der Waals surface area contributed by atoms with Gasteiger partial charge >= 0.3 is 6.09 Å². The molecule has 2 heterocycles. The number of hydrogen-bond acceptors (Lipinski definition) is 7. The Bertz CT molecular complexity index is 1500. The SMILES string of the molecule is COc1cc(NS(=O)(=O)C(C)C)cc(-c2cc(-c3ccc(N4CCN(C(=O)OC(C)(C)C)CC4)cc3)cnc2Cl)c1. The van der Waals surface area contributed by atoms with Crippen LogP contribution in [0.1, 0.15) is 34.6 Å². The zero-order valence-electron chi connectivity index (χ0n) is 24.3. The van der Waals surface area contributed by atoms with Gasteiger partial charge in [0.2, 0.25) is 10.0 Å². The van der Waals surface area contributed by atoms with Gasteiger partial charge in [-0.2, -0.15) is 0 Å². The third-order valence-corrected chi connectivity index (χ3v) is 8.73. The summed E-state index contributed by atoms with van der Waals surface area (Å²) >= 11 is 6.51. The summed E-state index contributed by atoms with van der Waals surface area (Å²) in [6.45, 7) is 11.4. The van der Waals surface area contributed by atoms with Crippen LogP contribution in [0.15, 0.2) is 54.7 Å². The molecule has 1 fully saturated rings. The van der Waals surface area contributed by atoms with Crippen LogP contribution in [0.5, 0.6) is 5.75 Å². The number of carbonyl (C=O) groups excluding carboxylic acids is 1. The van der Waals surface area contributed by atoms with Gasteiger partial charge in [0.15, 0.2) is 0 Å². The van der Waals surface area contributed by atoms with Gasteiger partial charge in [-0.1, -0.05) is 23.7 Å². The van der Waals surface area contributed by atoms with Gasteiger partial charge < -0.3 is 19.3 Å². The molecule has 220 valence electrons. The molecule has 1 aliphatic rings. The van der Waals surface area contributed by atoms with Crippen molar-refractivity contribution in [2.75, 3.05) is 42.9 Å². The summed E-state index contributed by atoms with van der Waals surface area (Å²) in [5, 5.41) is -0.304. The molecule has 0 saturated carbocycles. The molecule has 41 heavy (non-hydrogen) atoms. The number of benzene rings is 2. The molecule has 3 aromatic rings. The Hall–Kier alpha value is -3.50. The number of sulfonamides is 1. The summed E-state index contributed by atoms with van der Waals surface area (Å²) in [5.41, 5.74) is 4.06. The first-order chi connectivity index (χ1) is 19.3. The van der Waals surface area contributed by atoms with Gasteiger partial charge in [0.05, 0.1) is 18.0 Å². The lowest BCUT2D eigenvalue weighted by Gasteiger charge is -2.36. The molecule has 0 spiro atoms. The number of aromatic nitrogens is 1. The number of carbonyl (C=O) groups is 1. The number of halogens is 1. The Labute approximate surface area is 247 Å². The van der Waals surface area contributed by atoms with Crippen LogP contribution < -0.4 is 14.4 Å². The van der Waals surface area contributed by atoms with Crippen LogP contribution >= 0.6 is 11.6 Å². The predicted octanol–water partition coefficient (Wildman–Crippen LogP) is 6.28.